The van der Waals surface area contributed by atoms with Gasteiger partial charge in [0.15, 0.2) is 7.28 Å². The Labute approximate surface area is 56.3 Å². The van der Waals surface area contributed by atoms with Crippen molar-refractivity contribution in [2.45, 2.75) is 25.3 Å². The molecule has 2 aliphatic rings. The van der Waals surface area contributed by atoms with Crippen LogP contribution in [0.5, 0.6) is 0 Å². The van der Waals surface area contributed by atoms with Crippen LogP contribution in [-0.4, -0.2) is 19.9 Å². The minimum absolute atomic E-state index is 0.582. The Hall–Kier alpha value is -0.235. The zero-order chi connectivity index (χ0) is 6.10. The van der Waals surface area contributed by atoms with Gasteiger partial charge < -0.3 is 4.74 Å². The first-order valence-electron chi connectivity index (χ1n) is 3.74. The summed E-state index contributed by atoms with van der Waals surface area (Å²) < 4.78 is 5.46. The second-order valence-electron chi connectivity index (χ2n) is 2.91. The van der Waals surface area contributed by atoms with Crippen molar-refractivity contribution in [2.75, 3.05) is 6.61 Å². The fourth-order valence-corrected chi connectivity index (χ4v) is 1.34. The maximum absolute atomic E-state index is 5.46. The van der Waals surface area contributed by atoms with Gasteiger partial charge in [0.1, 0.15) is 0 Å². The van der Waals surface area contributed by atoms with E-state index in [-0.39, 0.29) is 0 Å². The Balaban J connectivity index is 1.77. The van der Waals surface area contributed by atoms with Crippen molar-refractivity contribution in [1.82, 2.24) is 0 Å². The van der Waals surface area contributed by atoms with Crippen molar-refractivity contribution < 1.29 is 4.74 Å². The second kappa shape index (κ2) is 2.18. The summed E-state index contributed by atoms with van der Waals surface area (Å²) in [5, 5.41) is 0. The molecule has 1 heterocycles. The summed E-state index contributed by atoms with van der Waals surface area (Å²) in [5.74, 6) is 0. The third-order valence-electron chi connectivity index (χ3n) is 2.01. The van der Waals surface area contributed by atoms with Crippen LogP contribution >= 0.6 is 0 Å². The van der Waals surface area contributed by atoms with Gasteiger partial charge in [0.25, 0.3) is 0 Å². The molecule has 0 aromatic heterocycles. The van der Waals surface area contributed by atoms with Crippen molar-refractivity contribution in [2.24, 2.45) is 0 Å². The smallest absolute Gasteiger partial charge is 0.187 e. The molecular formula is C7H11BO. The van der Waals surface area contributed by atoms with E-state index in [1.54, 1.807) is 5.47 Å². The van der Waals surface area contributed by atoms with E-state index in [1.165, 1.54) is 26.5 Å². The van der Waals surface area contributed by atoms with Crippen molar-refractivity contribution >= 4 is 7.28 Å². The lowest BCUT2D eigenvalue weighted by Crippen LogP contribution is -2.13. The summed E-state index contributed by atoms with van der Waals surface area (Å²) in [4.78, 5) is 0. The van der Waals surface area contributed by atoms with Crippen molar-refractivity contribution in [3.63, 3.8) is 0 Å². The van der Waals surface area contributed by atoms with E-state index >= 15 is 0 Å². The normalized spacial score (nSPS) is 32.0. The van der Waals surface area contributed by atoms with Gasteiger partial charge in [-0.2, -0.15) is 0 Å². The van der Waals surface area contributed by atoms with Crippen LogP contribution < -0.4 is 0 Å². The first-order valence-corrected chi connectivity index (χ1v) is 3.74. The molecule has 0 spiro atoms. The molecule has 2 rings (SSSR count). The first kappa shape index (κ1) is 5.54. The predicted octanol–water partition coefficient (Wildman–Crippen LogP) is 0.847. The average Bonchev–Trinajstić information content (AvgIpc) is 2.46. The quantitative estimate of drug-likeness (QED) is 0.493. The maximum Gasteiger partial charge on any atom is 0.187 e. The SMILES string of the molecule is B(C1=CC1)C1CCCO1. The van der Waals surface area contributed by atoms with Gasteiger partial charge in [0.05, 0.1) is 0 Å². The molecule has 1 aliphatic heterocycles. The molecular weight excluding hydrogens is 111 g/mol. The zero-order valence-corrected chi connectivity index (χ0v) is 5.60. The fraction of sp³-hybridized carbons (Fsp3) is 0.714. The molecule has 0 N–H and O–H groups in total. The van der Waals surface area contributed by atoms with Gasteiger partial charge in [-0.25, -0.2) is 0 Å². The van der Waals surface area contributed by atoms with Gasteiger partial charge >= 0.3 is 0 Å². The Morgan fingerprint density at radius 1 is 1.67 bits per heavy atom. The molecule has 1 atom stereocenters. The lowest BCUT2D eigenvalue weighted by molar-refractivity contribution is 0.166. The molecule has 1 saturated heterocycles. The van der Waals surface area contributed by atoms with E-state index in [1.807, 2.05) is 0 Å². The maximum atomic E-state index is 5.46. The van der Waals surface area contributed by atoms with Crippen LogP contribution in [0.15, 0.2) is 11.5 Å². The lowest BCUT2D eigenvalue weighted by atomic mass is 9.67. The van der Waals surface area contributed by atoms with Crippen LogP contribution in [0.1, 0.15) is 19.3 Å². The van der Waals surface area contributed by atoms with Gasteiger partial charge in [-0.05, 0) is 19.3 Å². The summed E-state index contributed by atoms with van der Waals surface area (Å²) in [7, 11) is 1.22. The zero-order valence-electron chi connectivity index (χ0n) is 5.60. The van der Waals surface area contributed by atoms with Crippen LogP contribution in [-0.2, 0) is 4.74 Å². The molecule has 2 heteroatoms. The molecule has 9 heavy (non-hydrogen) atoms. The van der Waals surface area contributed by atoms with Crippen LogP contribution in [0.2, 0.25) is 0 Å². The van der Waals surface area contributed by atoms with E-state index in [4.69, 9.17) is 4.74 Å². The molecule has 0 amide bonds. The van der Waals surface area contributed by atoms with Gasteiger partial charge in [-0.15, -0.1) is 5.47 Å². The largest absolute Gasteiger partial charge is 0.386 e. The van der Waals surface area contributed by atoms with E-state index in [0.717, 1.165) is 6.61 Å². The highest BCUT2D eigenvalue weighted by Crippen LogP contribution is 2.21. The average molecular weight is 122 g/mol. The molecule has 0 radical (unpaired) electrons. The third-order valence-corrected chi connectivity index (χ3v) is 2.01. The highest BCUT2D eigenvalue weighted by atomic mass is 16.5. The molecule has 0 saturated carbocycles. The Morgan fingerprint density at radius 3 is 3.11 bits per heavy atom. The minimum atomic E-state index is 0.582. The predicted molar refractivity (Wildman–Crippen MR) is 38.8 cm³/mol. The van der Waals surface area contributed by atoms with Gasteiger partial charge in [0, 0.05) is 12.6 Å². The Bertz CT molecular complexity index is 136. The molecule has 1 fully saturated rings. The summed E-state index contributed by atoms with van der Waals surface area (Å²) >= 11 is 0. The van der Waals surface area contributed by atoms with E-state index in [9.17, 15) is 0 Å². The van der Waals surface area contributed by atoms with Crippen molar-refractivity contribution in [1.29, 1.82) is 0 Å². The van der Waals surface area contributed by atoms with Gasteiger partial charge in [-0.3, -0.25) is 0 Å². The number of ether oxygens (including phenoxy) is 1. The number of hydrogen-bond donors (Lipinski definition) is 0. The lowest BCUT2D eigenvalue weighted by Gasteiger charge is -2.02. The molecule has 48 valence electrons. The molecule has 1 nitrogen and oxygen atoms in total. The monoisotopic (exact) mass is 122 g/mol. The highest BCUT2D eigenvalue weighted by molar-refractivity contribution is 6.48. The number of hydrogen-bond acceptors (Lipinski definition) is 1. The molecule has 0 aromatic carbocycles. The van der Waals surface area contributed by atoms with Gasteiger partial charge in [0.2, 0.25) is 0 Å². The highest BCUT2D eigenvalue weighted by Gasteiger charge is 2.21. The summed E-state index contributed by atoms with van der Waals surface area (Å²) in [6, 6.07) is 0.582. The van der Waals surface area contributed by atoms with Gasteiger partial charge in [-0.1, -0.05) is 6.08 Å². The molecule has 0 bridgehead atoms. The van der Waals surface area contributed by atoms with Crippen LogP contribution in [0.4, 0.5) is 0 Å². The standard InChI is InChI=1S/C7H11BO/c1-2-7(9-5-1)8-6-3-4-6/h3,7-8H,1-2,4-5H2. The fourth-order valence-electron chi connectivity index (χ4n) is 1.34. The summed E-state index contributed by atoms with van der Waals surface area (Å²) in [5.41, 5.74) is 1.61. The van der Waals surface area contributed by atoms with Crippen molar-refractivity contribution in [3.05, 3.63) is 11.5 Å². The molecule has 1 aliphatic carbocycles. The van der Waals surface area contributed by atoms with E-state index in [2.05, 4.69) is 6.08 Å². The summed E-state index contributed by atoms with van der Waals surface area (Å²) in [6.45, 7) is 0.998. The topological polar surface area (TPSA) is 9.23 Å². The number of rotatable bonds is 2. The van der Waals surface area contributed by atoms with Crippen LogP contribution in [0, 0.1) is 0 Å². The molecule has 0 aromatic rings. The number of allylic oxidation sites excluding steroid dienone is 2. The van der Waals surface area contributed by atoms with E-state index in [0.29, 0.717) is 6.00 Å². The molecule has 1 unspecified atom stereocenters. The van der Waals surface area contributed by atoms with Crippen molar-refractivity contribution in [3.8, 4) is 0 Å². The Kier molecular flexibility index (Phi) is 1.34. The second-order valence-corrected chi connectivity index (χ2v) is 2.91. The Morgan fingerprint density at radius 2 is 2.56 bits per heavy atom. The third kappa shape index (κ3) is 1.36. The summed E-state index contributed by atoms with van der Waals surface area (Å²) in [6.07, 6.45) is 6.12. The van der Waals surface area contributed by atoms with Crippen LogP contribution in [0.25, 0.3) is 0 Å². The van der Waals surface area contributed by atoms with E-state index < -0.39 is 0 Å². The first-order chi connectivity index (χ1) is 4.45. The minimum Gasteiger partial charge on any atom is -0.386 e. The van der Waals surface area contributed by atoms with Crippen LogP contribution in [0.3, 0.4) is 0 Å².